The van der Waals surface area contributed by atoms with Crippen LogP contribution in [0.1, 0.15) is 17.0 Å². The number of hydrogen-bond acceptors (Lipinski definition) is 2. The van der Waals surface area contributed by atoms with Crippen molar-refractivity contribution in [3.8, 4) is 11.1 Å². The summed E-state index contributed by atoms with van der Waals surface area (Å²) in [5.41, 5.74) is -0.109. The Hall–Kier alpha value is -1.85. The van der Waals surface area contributed by atoms with E-state index in [1.54, 1.807) is 13.8 Å². The Kier molecular flexibility index (Phi) is 2.88. The molecule has 0 atom stereocenters. The first-order chi connectivity index (χ1) is 8.29. The van der Waals surface area contributed by atoms with Crippen molar-refractivity contribution in [3.05, 3.63) is 41.0 Å². The Bertz CT molecular complexity index is 567. The van der Waals surface area contributed by atoms with Crippen LogP contribution in [0.15, 0.2) is 22.7 Å². The molecule has 96 valence electrons. The van der Waals surface area contributed by atoms with Gasteiger partial charge in [0, 0.05) is 5.56 Å². The highest BCUT2D eigenvalue weighted by atomic mass is 19.4. The van der Waals surface area contributed by atoms with Crippen molar-refractivity contribution in [2.45, 2.75) is 20.0 Å². The van der Waals surface area contributed by atoms with E-state index in [1.807, 2.05) is 0 Å². The van der Waals surface area contributed by atoms with Crippen LogP contribution in [0.3, 0.4) is 0 Å². The Morgan fingerprint density at radius 1 is 1.11 bits per heavy atom. The molecule has 0 fully saturated rings. The number of halogens is 4. The fraction of sp³-hybridized carbons (Fsp3) is 0.250. The summed E-state index contributed by atoms with van der Waals surface area (Å²) in [4.78, 5) is 0. The molecule has 2 rings (SSSR count). The average Bonchev–Trinajstić information content (AvgIpc) is 2.56. The number of aromatic nitrogens is 1. The lowest BCUT2D eigenvalue weighted by Gasteiger charge is -2.09. The minimum atomic E-state index is -4.59. The van der Waals surface area contributed by atoms with Crippen LogP contribution in [0.5, 0.6) is 0 Å². The van der Waals surface area contributed by atoms with Gasteiger partial charge in [0.1, 0.15) is 11.6 Å². The van der Waals surface area contributed by atoms with Crippen molar-refractivity contribution in [2.75, 3.05) is 0 Å². The van der Waals surface area contributed by atoms with Gasteiger partial charge >= 0.3 is 6.18 Å². The fourth-order valence-electron chi connectivity index (χ4n) is 1.79. The largest absolute Gasteiger partial charge is 0.416 e. The molecule has 1 aromatic heterocycles. The lowest BCUT2D eigenvalue weighted by Crippen LogP contribution is -2.05. The third kappa shape index (κ3) is 2.23. The van der Waals surface area contributed by atoms with Crippen molar-refractivity contribution < 1.29 is 22.1 Å². The fourth-order valence-corrected chi connectivity index (χ4v) is 1.79. The third-order valence-electron chi connectivity index (χ3n) is 2.55. The van der Waals surface area contributed by atoms with Crippen LogP contribution in [0, 0.1) is 19.7 Å². The number of nitrogens with zero attached hydrogens (tertiary/aromatic N) is 1. The Morgan fingerprint density at radius 3 is 2.28 bits per heavy atom. The van der Waals surface area contributed by atoms with Gasteiger partial charge in [-0.05, 0) is 37.6 Å². The van der Waals surface area contributed by atoms with E-state index in [0.29, 0.717) is 23.1 Å². The smallest absolute Gasteiger partial charge is 0.361 e. The standard InChI is InChI=1S/C12H9F4NO/c1-6-11(7(2)18-17-6)8-3-9(12(14,15)16)5-10(13)4-8/h3-5H,1-2H3. The number of benzene rings is 1. The molecule has 1 aromatic carbocycles. The number of alkyl halides is 3. The second kappa shape index (κ2) is 4.12. The molecule has 0 spiro atoms. The van der Waals surface area contributed by atoms with Gasteiger partial charge in [0.05, 0.1) is 11.3 Å². The van der Waals surface area contributed by atoms with Crippen molar-refractivity contribution >= 4 is 0 Å². The zero-order valence-corrected chi connectivity index (χ0v) is 9.60. The average molecular weight is 259 g/mol. The first-order valence-corrected chi connectivity index (χ1v) is 5.10. The van der Waals surface area contributed by atoms with Crippen molar-refractivity contribution in [1.29, 1.82) is 0 Å². The lowest BCUT2D eigenvalue weighted by atomic mass is 10.0. The molecule has 0 saturated heterocycles. The van der Waals surface area contributed by atoms with Crippen molar-refractivity contribution in [3.63, 3.8) is 0 Å². The topological polar surface area (TPSA) is 26.0 Å². The maximum absolute atomic E-state index is 13.3. The molecule has 0 bridgehead atoms. The van der Waals surface area contributed by atoms with E-state index in [4.69, 9.17) is 4.52 Å². The molecule has 0 radical (unpaired) electrons. The van der Waals surface area contributed by atoms with Gasteiger partial charge < -0.3 is 4.52 Å². The number of rotatable bonds is 1. The zero-order valence-electron chi connectivity index (χ0n) is 9.60. The summed E-state index contributed by atoms with van der Waals surface area (Å²) >= 11 is 0. The molecule has 0 N–H and O–H groups in total. The molecule has 1 heterocycles. The van der Waals surface area contributed by atoms with E-state index in [2.05, 4.69) is 5.16 Å². The minimum absolute atomic E-state index is 0.110. The summed E-state index contributed by atoms with van der Waals surface area (Å²) in [5, 5.41) is 3.64. The quantitative estimate of drug-likeness (QED) is 0.720. The van der Waals surface area contributed by atoms with E-state index < -0.39 is 17.6 Å². The molecule has 18 heavy (non-hydrogen) atoms. The summed E-state index contributed by atoms with van der Waals surface area (Å²) in [6, 6.07) is 2.37. The summed E-state index contributed by atoms with van der Waals surface area (Å²) in [5.74, 6) is -0.592. The van der Waals surface area contributed by atoms with Crippen LogP contribution >= 0.6 is 0 Å². The Labute approximate surface area is 100 Å². The molecular formula is C12H9F4NO. The second-order valence-corrected chi connectivity index (χ2v) is 3.93. The van der Waals surface area contributed by atoms with E-state index in [1.165, 1.54) is 0 Å². The van der Waals surface area contributed by atoms with Crippen molar-refractivity contribution in [1.82, 2.24) is 5.16 Å². The summed E-state index contributed by atoms with van der Waals surface area (Å²) in [6.45, 7) is 3.15. The van der Waals surface area contributed by atoms with Gasteiger partial charge in [-0.15, -0.1) is 0 Å². The van der Waals surface area contributed by atoms with E-state index >= 15 is 0 Å². The minimum Gasteiger partial charge on any atom is -0.361 e. The van der Waals surface area contributed by atoms with Crippen LogP contribution in [0.25, 0.3) is 11.1 Å². The monoisotopic (exact) mass is 259 g/mol. The molecule has 0 unspecified atom stereocenters. The van der Waals surface area contributed by atoms with Gasteiger partial charge in [-0.3, -0.25) is 0 Å². The molecule has 6 heteroatoms. The molecule has 2 nitrogen and oxygen atoms in total. The van der Waals surface area contributed by atoms with E-state index in [-0.39, 0.29) is 5.56 Å². The van der Waals surface area contributed by atoms with Crippen LogP contribution in [-0.2, 0) is 6.18 Å². The molecule has 2 aromatic rings. The maximum atomic E-state index is 13.3. The summed E-state index contributed by atoms with van der Waals surface area (Å²) < 4.78 is 55.9. The van der Waals surface area contributed by atoms with Crippen LogP contribution in [-0.4, -0.2) is 5.16 Å². The van der Waals surface area contributed by atoms with Crippen LogP contribution < -0.4 is 0 Å². The van der Waals surface area contributed by atoms with Crippen LogP contribution in [0.4, 0.5) is 17.6 Å². The predicted molar refractivity (Wildman–Crippen MR) is 56.4 cm³/mol. The molecule has 0 aliphatic rings. The lowest BCUT2D eigenvalue weighted by molar-refractivity contribution is -0.137. The van der Waals surface area contributed by atoms with E-state index in [0.717, 1.165) is 12.1 Å². The third-order valence-corrected chi connectivity index (χ3v) is 2.55. The molecule has 0 aliphatic heterocycles. The Balaban J connectivity index is 2.63. The van der Waals surface area contributed by atoms with Gasteiger partial charge in [-0.1, -0.05) is 5.16 Å². The summed E-state index contributed by atoms with van der Waals surface area (Å²) in [6.07, 6.45) is -4.59. The van der Waals surface area contributed by atoms with Gasteiger partial charge in [0.25, 0.3) is 0 Å². The van der Waals surface area contributed by atoms with E-state index in [9.17, 15) is 17.6 Å². The second-order valence-electron chi connectivity index (χ2n) is 3.93. The highest BCUT2D eigenvalue weighted by Gasteiger charge is 2.31. The normalized spacial score (nSPS) is 11.9. The summed E-state index contributed by atoms with van der Waals surface area (Å²) in [7, 11) is 0. The van der Waals surface area contributed by atoms with Gasteiger partial charge in [0.15, 0.2) is 0 Å². The highest BCUT2D eigenvalue weighted by Crippen LogP contribution is 2.34. The number of hydrogen-bond donors (Lipinski definition) is 0. The van der Waals surface area contributed by atoms with Gasteiger partial charge in [0.2, 0.25) is 0 Å². The SMILES string of the molecule is Cc1noc(C)c1-c1cc(F)cc(C(F)(F)F)c1. The van der Waals surface area contributed by atoms with Crippen molar-refractivity contribution in [2.24, 2.45) is 0 Å². The first kappa shape index (κ1) is 12.6. The molecule has 0 amide bonds. The molecule has 0 aliphatic carbocycles. The first-order valence-electron chi connectivity index (χ1n) is 5.10. The predicted octanol–water partition coefficient (Wildman–Crippen LogP) is 4.12. The van der Waals surface area contributed by atoms with Gasteiger partial charge in [-0.2, -0.15) is 13.2 Å². The van der Waals surface area contributed by atoms with Gasteiger partial charge in [-0.25, -0.2) is 4.39 Å². The maximum Gasteiger partial charge on any atom is 0.416 e. The zero-order chi connectivity index (χ0) is 13.5. The number of aryl methyl sites for hydroxylation is 2. The highest BCUT2D eigenvalue weighted by molar-refractivity contribution is 5.68. The van der Waals surface area contributed by atoms with Crippen LogP contribution in [0.2, 0.25) is 0 Å². The molecule has 0 saturated carbocycles. The Morgan fingerprint density at radius 2 is 1.78 bits per heavy atom. The molecular weight excluding hydrogens is 250 g/mol.